The van der Waals surface area contributed by atoms with E-state index in [1.807, 2.05) is 6.20 Å². The van der Waals surface area contributed by atoms with Crippen molar-refractivity contribution in [3.63, 3.8) is 0 Å². The lowest BCUT2D eigenvalue weighted by Gasteiger charge is -2.19. The monoisotopic (exact) mass is 235 g/mol. The van der Waals surface area contributed by atoms with Crippen LogP contribution in [0.2, 0.25) is 0 Å². The summed E-state index contributed by atoms with van der Waals surface area (Å²) in [7, 11) is 2.06. The quantitative estimate of drug-likeness (QED) is 0.821. The number of hydrogen-bond donors (Lipinski definition) is 1. The molecule has 0 aliphatic heterocycles. The third-order valence-corrected chi connectivity index (χ3v) is 3.99. The molecule has 1 aliphatic rings. The molecule has 0 aromatic carbocycles. The molecule has 0 saturated heterocycles. The van der Waals surface area contributed by atoms with Crippen molar-refractivity contribution >= 4 is 0 Å². The van der Waals surface area contributed by atoms with Crippen LogP contribution in [0.4, 0.5) is 0 Å². The van der Waals surface area contributed by atoms with E-state index in [9.17, 15) is 0 Å². The lowest BCUT2D eigenvalue weighted by atomic mass is 9.92. The lowest BCUT2D eigenvalue weighted by molar-refractivity contribution is 0.364. The van der Waals surface area contributed by atoms with Crippen molar-refractivity contribution in [2.75, 3.05) is 13.6 Å². The molecule has 1 heterocycles. The molecule has 1 saturated carbocycles. The first-order valence-corrected chi connectivity index (χ1v) is 6.99. The SMILES string of the molecule is CCCn1ccnc1CC1CCCC1CNC. The maximum absolute atomic E-state index is 4.54. The fraction of sp³-hybridized carbons (Fsp3) is 0.786. The Balaban J connectivity index is 1.97. The average Bonchev–Trinajstić information content (AvgIpc) is 2.92. The minimum Gasteiger partial charge on any atom is -0.335 e. The second-order valence-corrected chi connectivity index (χ2v) is 5.25. The maximum atomic E-state index is 4.54. The predicted octanol–water partition coefficient (Wildman–Crippen LogP) is 2.47. The Bertz CT molecular complexity index is 332. The van der Waals surface area contributed by atoms with Crippen LogP contribution in [-0.4, -0.2) is 23.1 Å². The van der Waals surface area contributed by atoms with Gasteiger partial charge < -0.3 is 9.88 Å². The highest BCUT2D eigenvalue weighted by Gasteiger charge is 2.27. The topological polar surface area (TPSA) is 29.9 Å². The van der Waals surface area contributed by atoms with Crippen LogP contribution < -0.4 is 5.32 Å². The second kappa shape index (κ2) is 6.20. The molecule has 2 unspecified atom stereocenters. The summed E-state index contributed by atoms with van der Waals surface area (Å²) in [5.41, 5.74) is 0. The van der Waals surface area contributed by atoms with E-state index in [1.54, 1.807) is 0 Å². The number of nitrogens with zero attached hydrogens (tertiary/aromatic N) is 2. The highest BCUT2D eigenvalue weighted by molar-refractivity contribution is 4.96. The van der Waals surface area contributed by atoms with Crippen molar-refractivity contribution in [1.29, 1.82) is 0 Å². The molecular formula is C14H25N3. The van der Waals surface area contributed by atoms with Gasteiger partial charge in [0.2, 0.25) is 0 Å². The van der Waals surface area contributed by atoms with Gasteiger partial charge in [0.25, 0.3) is 0 Å². The summed E-state index contributed by atoms with van der Waals surface area (Å²) in [5.74, 6) is 2.98. The minimum atomic E-state index is 0.834. The Kier molecular flexibility index (Phi) is 4.60. The van der Waals surface area contributed by atoms with Gasteiger partial charge in [-0.25, -0.2) is 4.98 Å². The van der Waals surface area contributed by atoms with Gasteiger partial charge in [0.1, 0.15) is 5.82 Å². The minimum absolute atomic E-state index is 0.834. The third kappa shape index (κ3) is 3.09. The smallest absolute Gasteiger partial charge is 0.108 e. The summed E-state index contributed by atoms with van der Waals surface area (Å²) in [6, 6.07) is 0. The predicted molar refractivity (Wildman–Crippen MR) is 71.0 cm³/mol. The second-order valence-electron chi connectivity index (χ2n) is 5.25. The molecule has 0 radical (unpaired) electrons. The molecule has 0 bridgehead atoms. The van der Waals surface area contributed by atoms with Crippen LogP contribution in [0, 0.1) is 11.8 Å². The van der Waals surface area contributed by atoms with E-state index in [0.717, 1.165) is 18.4 Å². The van der Waals surface area contributed by atoms with Crippen molar-refractivity contribution in [3.05, 3.63) is 18.2 Å². The standard InChI is InChI=1S/C14H25N3/c1-3-8-17-9-7-16-14(17)10-12-5-4-6-13(12)11-15-2/h7,9,12-13,15H,3-6,8,10-11H2,1-2H3. The first kappa shape index (κ1) is 12.6. The lowest BCUT2D eigenvalue weighted by Crippen LogP contribution is -2.24. The van der Waals surface area contributed by atoms with Crippen LogP contribution >= 0.6 is 0 Å². The van der Waals surface area contributed by atoms with E-state index in [1.165, 1.54) is 44.5 Å². The summed E-state index contributed by atoms with van der Waals surface area (Å²) in [6.45, 7) is 4.50. The molecule has 3 nitrogen and oxygen atoms in total. The van der Waals surface area contributed by atoms with E-state index in [0.29, 0.717) is 0 Å². The normalized spacial score (nSPS) is 24.4. The number of aryl methyl sites for hydroxylation is 1. The van der Waals surface area contributed by atoms with E-state index >= 15 is 0 Å². The van der Waals surface area contributed by atoms with E-state index in [4.69, 9.17) is 0 Å². The molecule has 3 heteroatoms. The number of imidazole rings is 1. The molecular weight excluding hydrogens is 210 g/mol. The van der Waals surface area contributed by atoms with Crippen LogP contribution in [0.5, 0.6) is 0 Å². The van der Waals surface area contributed by atoms with E-state index in [2.05, 4.69) is 35.0 Å². The van der Waals surface area contributed by atoms with Crippen molar-refractivity contribution in [3.8, 4) is 0 Å². The zero-order chi connectivity index (χ0) is 12.1. The average molecular weight is 235 g/mol. The number of hydrogen-bond acceptors (Lipinski definition) is 2. The van der Waals surface area contributed by atoms with Crippen molar-refractivity contribution in [1.82, 2.24) is 14.9 Å². The first-order chi connectivity index (χ1) is 8.35. The van der Waals surface area contributed by atoms with Crippen LogP contribution in [0.25, 0.3) is 0 Å². The maximum Gasteiger partial charge on any atom is 0.108 e. The fourth-order valence-corrected chi connectivity index (χ4v) is 3.12. The highest BCUT2D eigenvalue weighted by atomic mass is 15.1. The Morgan fingerprint density at radius 3 is 3.00 bits per heavy atom. The molecule has 2 rings (SSSR count). The summed E-state index contributed by atoms with van der Waals surface area (Å²) < 4.78 is 2.33. The molecule has 1 aromatic heterocycles. The van der Waals surface area contributed by atoms with Gasteiger partial charge in [-0.3, -0.25) is 0 Å². The van der Waals surface area contributed by atoms with E-state index in [-0.39, 0.29) is 0 Å². The molecule has 1 N–H and O–H groups in total. The van der Waals surface area contributed by atoms with Gasteiger partial charge in [-0.2, -0.15) is 0 Å². The van der Waals surface area contributed by atoms with Crippen molar-refractivity contribution in [2.45, 2.75) is 45.6 Å². The Labute approximate surface area is 105 Å². The van der Waals surface area contributed by atoms with Gasteiger partial charge in [-0.1, -0.05) is 13.3 Å². The van der Waals surface area contributed by atoms with Gasteiger partial charge in [-0.05, 0) is 44.7 Å². The van der Waals surface area contributed by atoms with Gasteiger partial charge in [-0.15, -0.1) is 0 Å². The number of nitrogens with one attached hydrogen (secondary N) is 1. The fourth-order valence-electron chi connectivity index (χ4n) is 3.12. The van der Waals surface area contributed by atoms with Gasteiger partial charge >= 0.3 is 0 Å². The molecule has 0 amide bonds. The molecule has 17 heavy (non-hydrogen) atoms. The van der Waals surface area contributed by atoms with Crippen LogP contribution in [0.3, 0.4) is 0 Å². The summed E-state index contributed by atoms with van der Waals surface area (Å²) in [5, 5.41) is 3.33. The summed E-state index contributed by atoms with van der Waals surface area (Å²) in [6.07, 6.45) is 10.6. The third-order valence-electron chi connectivity index (χ3n) is 3.99. The Hall–Kier alpha value is -0.830. The highest BCUT2D eigenvalue weighted by Crippen LogP contribution is 2.33. The number of rotatable bonds is 6. The molecule has 96 valence electrons. The molecule has 1 aliphatic carbocycles. The van der Waals surface area contributed by atoms with Crippen LogP contribution in [-0.2, 0) is 13.0 Å². The first-order valence-electron chi connectivity index (χ1n) is 6.99. The Morgan fingerprint density at radius 1 is 1.41 bits per heavy atom. The summed E-state index contributed by atoms with van der Waals surface area (Å²) in [4.78, 5) is 4.54. The van der Waals surface area contributed by atoms with E-state index < -0.39 is 0 Å². The molecule has 1 aromatic rings. The van der Waals surface area contributed by atoms with Gasteiger partial charge in [0, 0.05) is 25.4 Å². The molecule has 2 atom stereocenters. The molecule has 0 spiro atoms. The van der Waals surface area contributed by atoms with Crippen LogP contribution in [0.1, 0.15) is 38.4 Å². The summed E-state index contributed by atoms with van der Waals surface area (Å²) >= 11 is 0. The zero-order valence-corrected chi connectivity index (χ0v) is 11.2. The largest absolute Gasteiger partial charge is 0.335 e. The van der Waals surface area contributed by atoms with Crippen LogP contribution in [0.15, 0.2) is 12.4 Å². The number of aromatic nitrogens is 2. The zero-order valence-electron chi connectivity index (χ0n) is 11.2. The van der Waals surface area contributed by atoms with Gasteiger partial charge in [0.05, 0.1) is 0 Å². The Morgan fingerprint density at radius 2 is 2.24 bits per heavy atom. The van der Waals surface area contributed by atoms with Crippen molar-refractivity contribution in [2.24, 2.45) is 11.8 Å². The van der Waals surface area contributed by atoms with Gasteiger partial charge in [0.15, 0.2) is 0 Å². The molecule has 1 fully saturated rings. The van der Waals surface area contributed by atoms with Crippen molar-refractivity contribution < 1.29 is 0 Å².